The van der Waals surface area contributed by atoms with Crippen molar-refractivity contribution in [3.63, 3.8) is 0 Å². The van der Waals surface area contributed by atoms with Gasteiger partial charge in [0.15, 0.2) is 6.29 Å². The van der Waals surface area contributed by atoms with Gasteiger partial charge in [-0.15, -0.1) is 0 Å². The monoisotopic (exact) mass is 1090 g/mol. The molecule has 0 aromatic rings. The van der Waals surface area contributed by atoms with Gasteiger partial charge in [-0.1, -0.05) is 242 Å². The lowest BCUT2D eigenvalue weighted by molar-refractivity contribution is -0.302. The van der Waals surface area contributed by atoms with Crippen LogP contribution in [0.1, 0.15) is 296 Å². The summed E-state index contributed by atoms with van der Waals surface area (Å²) in [5, 5.41) is 54.4. The molecule has 0 aromatic heterocycles. The summed E-state index contributed by atoms with van der Waals surface area (Å²) >= 11 is 0. The molecule has 7 atom stereocenters. The van der Waals surface area contributed by atoms with Crippen LogP contribution in [0.3, 0.4) is 0 Å². The number of unbranched alkanes of at least 4 members (excludes halogenated alkanes) is 36. The Balaban J connectivity index is 2.04. The third kappa shape index (κ3) is 45.0. The zero-order valence-electron chi connectivity index (χ0n) is 49.7. The second kappa shape index (κ2) is 55.5. The number of aliphatic hydroxyl groups excluding tert-OH is 5. The Hall–Kier alpha value is -2.38. The van der Waals surface area contributed by atoms with E-state index in [4.69, 9.17) is 14.2 Å². The van der Waals surface area contributed by atoms with Gasteiger partial charge in [0.25, 0.3) is 0 Å². The fourth-order valence-electron chi connectivity index (χ4n) is 9.99. The molecule has 77 heavy (non-hydrogen) atoms. The molecule has 450 valence electrons. The number of nitrogens with one attached hydrogen (secondary N) is 1. The first-order valence-corrected chi connectivity index (χ1v) is 32.4. The Morgan fingerprint density at radius 2 is 0.870 bits per heavy atom. The molecule has 1 aliphatic heterocycles. The van der Waals surface area contributed by atoms with Crippen molar-refractivity contribution in [1.82, 2.24) is 5.32 Å². The Kier molecular flexibility index (Phi) is 52.4. The smallest absolute Gasteiger partial charge is 0.305 e. The van der Waals surface area contributed by atoms with Crippen molar-refractivity contribution in [2.24, 2.45) is 0 Å². The lowest BCUT2D eigenvalue weighted by Gasteiger charge is -2.40. The summed E-state index contributed by atoms with van der Waals surface area (Å²) in [7, 11) is 0. The number of amides is 1. The SMILES string of the molecule is CCCCC/C=C\CCCCCCCC(=O)OCCCCCCCCCCC/C=C\C/C=C\CCCCCCCCCCCC(=O)NC(COC1OC(CO)C(O)C(O)C1O)C(O)/C=C/CCCCCCCCCCCC. The average Bonchev–Trinajstić information content (AvgIpc) is 3.43. The highest BCUT2D eigenvalue weighted by molar-refractivity contribution is 5.76. The van der Waals surface area contributed by atoms with Crippen LogP contribution in [0.25, 0.3) is 0 Å². The maximum Gasteiger partial charge on any atom is 0.305 e. The maximum atomic E-state index is 13.0. The largest absolute Gasteiger partial charge is 0.466 e. The molecule has 0 bridgehead atoms. The van der Waals surface area contributed by atoms with Gasteiger partial charge in [-0.05, 0) is 89.9 Å². The van der Waals surface area contributed by atoms with E-state index in [1.807, 2.05) is 6.08 Å². The van der Waals surface area contributed by atoms with Crippen LogP contribution >= 0.6 is 0 Å². The molecule has 0 radical (unpaired) electrons. The first-order valence-electron chi connectivity index (χ1n) is 32.4. The van der Waals surface area contributed by atoms with E-state index >= 15 is 0 Å². The first-order chi connectivity index (χ1) is 37.7. The van der Waals surface area contributed by atoms with Gasteiger partial charge in [-0.25, -0.2) is 0 Å². The number of carbonyl (C=O) groups is 2. The van der Waals surface area contributed by atoms with Crippen molar-refractivity contribution in [2.45, 2.75) is 339 Å². The van der Waals surface area contributed by atoms with E-state index in [0.717, 1.165) is 83.5 Å². The van der Waals surface area contributed by atoms with Crippen LogP contribution in [-0.2, 0) is 23.8 Å². The Bertz CT molecular complexity index is 1420. The second-order valence-electron chi connectivity index (χ2n) is 22.5. The fourth-order valence-corrected chi connectivity index (χ4v) is 9.99. The van der Waals surface area contributed by atoms with Crippen LogP contribution < -0.4 is 5.32 Å². The summed E-state index contributed by atoms with van der Waals surface area (Å²) in [5.74, 6) is -0.200. The van der Waals surface area contributed by atoms with Crippen molar-refractivity contribution >= 4 is 11.9 Å². The second-order valence-corrected chi connectivity index (χ2v) is 22.5. The van der Waals surface area contributed by atoms with Gasteiger partial charge in [0.2, 0.25) is 5.91 Å². The molecule has 0 aliphatic carbocycles. The normalized spacial score (nSPS) is 18.9. The molecule has 1 rings (SSSR count). The standard InChI is InChI=1S/C66H121NO10/c1-3-5-7-9-11-13-15-32-36-40-44-48-52-59(69)58(57-76-66-65(74)64(73)63(72)60(56-68)77-66)67-61(70)53-49-45-41-37-33-30-28-26-24-22-20-18-17-19-21-23-25-27-29-31-35-39-43-47-51-55-75-62(71)54-50-46-42-38-34-16-14-12-10-8-6-4-2/h12,14,18-21,48,52,58-60,63-66,68-69,72-74H,3-11,13,15-17,22-47,49-51,53-57H2,1-2H3,(H,67,70)/b14-12-,20-18-,21-19-,52-48+. The molecule has 11 nitrogen and oxygen atoms in total. The summed E-state index contributed by atoms with van der Waals surface area (Å²) in [6.45, 7) is 4.31. The molecule has 0 saturated carbocycles. The first kappa shape index (κ1) is 72.6. The van der Waals surface area contributed by atoms with Crippen LogP contribution in [0.5, 0.6) is 0 Å². The topological polar surface area (TPSA) is 175 Å². The molecule has 1 fully saturated rings. The predicted octanol–water partition coefficient (Wildman–Crippen LogP) is 15.6. The molecule has 7 unspecified atom stereocenters. The number of carbonyl (C=O) groups excluding carboxylic acids is 2. The third-order valence-corrected chi connectivity index (χ3v) is 15.2. The molecule has 0 spiro atoms. The van der Waals surface area contributed by atoms with Crippen molar-refractivity contribution in [1.29, 1.82) is 0 Å². The molecular formula is C66H121NO10. The molecular weight excluding hydrogens is 967 g/mol. The van der Waals surface area contributed by atoms with E-state index in [9.17, 15) is 35.1 Å². The van der Waals surface area contributed by atoms with Crippen molar-refractivity contribution in [2.75, 3.05) is 19.8 Å². The van der Waals surface area contributed by atoms with E-state index in [-0.39, 0.29) is 18.5 Å². The molecule has 1 heterocycles. The number of aliphatic hydroxyl groups is 5. The van der Waals surface area contributed by atoms with Crippen molar-refractivity contribution in [3.8, 4) is 0 Å². The van der Waals surface area contributed by atoms with Crippen LogP contribution in [-0.4, -0.2) is 100 Å². The van der Waals surface area contributed by atoms with E-state index in [0.29, 0.717) is 19.4 Å². The molecule has 0 aromatic carbocycles. The highest BCUT2D eigenvalue weighted by Gasteiger charge is 2.44. The van der Waals surface area contributed by atoms with Gasteiger partial charge in [-0.3, -0.25) is 9.59 Å². The highest BCUT2D eigenvalue weighted by atomic mass is 16.7. The quantitative estimate of drug-likeness (QED) is 0.0195. The number of hydrogen-bond acceptors (Lipinski definition) is 10. The van der Waals surface area contributed by atoms with Crippen LogP contribution in [0.2, 0.25) is 0 Å². The van der Waals surface area contributed by atoms with E-state index in [1.54, 1.807) is 6.08 Å². The van der Waals surface area contributed by atoms with Gasteiger partial charge in [0.05, 0.1) is 32.0 Å². The summed E-state index contributed by atoms with van der Waals surface area (Å²) in [6, 6.07) is -0.815. The lowest BCUT2D eigenvalue weighted by Crippen LogP contribution is -2.60. The van der Waals surface area contributed by atoms with Crippen LogP contribution in [0.4, 0.5) is 0 Å². The molecule has 1 saturated heterocycles. The number of hydrogen-bond donors (Lipinski definition) is 6. The van der Waals surface area contributed by atoms with Crippen LogP contribution in [0.15, 0.2) is 48.6 Å². The maximum absolute atomic E-state index is 13.0. The van der Waals surface area contributed by atoms with E-state index in [2.05, 4.69) is 55.6 Å². The minimum Gasteiger partial charge on any atom is -0.466 e. The van der Waals surface area contributed by atoms with Gasteiger partial charge in [0.1, 0.15) is 24.4 Å². The molecule has 1 amide bonds. The summed E-state index contributed by atoms with van der Waals surface area (Å²) < 4.78 is 16.7. The molecule has 1 aliphatic rings. The van der Waals surface area contributed by atoms with Gasteiger partial charge >= 0.3 is 5.97 Å². The fraction of sp³-hybridized carbons (Fsp3) is 0.848. The highest BCUT2D eigenvalue weighted by Crippen LogP contribution is 2.23. The summed E-state index contributed by atoms with van der Waals surface area (Å²) in [6.07, 6.45) is 60.7. The number of ether oxygens (including phenoxy) is 3. The summed E-state index contributed by atoms with van der Waals surface area (Å²) in [4.78, 5) is 25.1. The predicted molar refractivity (Wildman–Crippen MR) is 320 cm³/mol. The number of allylic oxidation sites excluding steroid dienone is 7. The van der Waals surface area contributed by atoms with Gasteiger partial charge < -0.3 is 45.1 Å². The summed E-state index contributed by atoms with van der Waals surface area (Å²) in [5.41, 5.74) is 0. The lowest BCUT2D eigenvalue weighted by atomic mass is 9.99. The van der Waals surface area contributed by atoms with Crippen LogP contribution in [0, 0.1) is 0 Å². The Morgan fingerprint density at radius 3 is 1.35 bits per heavy atom. The van der Waals surface area contributed by atoms with E-state index in [1.165, 1.54) is 186 Å². The van der Waals surface area contributed by atoms with Gasteiger partial charge in [-0.2, -0.15) is 0 Å². The number of rotatable bonds is 56. The number of esters is 1. The zero-order valence-corrected chi connectivity index (χ0v) is 49.7. The van der Waals surface area contributed by atoms with Gasteiger partial charge in [0, 0.05) is 12.8 Å². The molecule has 11 heteroatoms. The van der Waals surface area contributed by atoms with E-state index < -0.39 is 49.5 Å². The molecule has 6 N–H and O–H groups in total. The Morgan fingerprint density at radius 1 is 0.481 bits per heavy atom. The van der Waals surface area contributed by atoms with Crippen molar-refractivity contribution in [3.05, 3.63) is 48.6 Å². The average molecular weight is 1090 g/mol. The third-order valence-electron chi connectivity index (χ3n) is 15.2. The zero-order chi connectivity index (χ0) is 55.9. The minimum atomic E-state index is -1.57. The Labute approximate surface area is 472 Å². The van der Waals surface area contributed by atoms with Crippen molar-refractivity contribution < 1.29 is 49.3 Å². The minimum absolute atomic E-state index is 0.0120.